The van der Waals surface area contributed by atoms with E-state index in [1.165, 1.54) is 22.3 Å². The van der Waals surface area contributed by atoms with Crippen LogP contribution >= 0.6 is 0 Å². The Morgan fingerprint density at radius 1 is 0.516 bits per heavy atom. The Bertz CT molecular complexity index is 760. The lowest BCUT2D eigenvalue weighted by Gasteiger charge is -2.17. The lowest BCUT2D eigenvalue weighted by molar-refractivity contribution is 0.345. The third-order valence-electron chi connectivity index (χ3n) is 7.11. The van der Waals surface area contributed by atoms with Crippen molar-refractivity contribution in [3.63, 3.8) is 0 Å². The molecule has 4 aliphatic heterocycles. The Kier molecular flexibility index (Phi) is 5.57. The van der Waals surface area contributed by atoms with Gasteiger partial charge >= 0.3 is 0 Å². The summed E-state index contributed by atoms with van der Waals surface area (Å²) in [5, 5.41) is 0. The number of hydrogen-bond donors (Lipinski definition) is 0. The fourth-order valence-electron chi connectivity index (χ4n) is 4.87. The van der Waals surface area contributed by atoms with E-state index in [2.05, 4.69) is 48.5 Å². The first-order valence-electron chi connectivity index (χ1n) is 11.9. The third-order valence-corrected chi connectivity index (χ3v) is 7.11. The van der Waals surface area contributed by atoms with Gasteiger partial charge in [0.15, 0.2) is 0 Å². The number of hydrogen-bond acceptors (Lipinski definition) is 4. The van der Waals surface area contributed by atoms with Gasteiger partial charge in [-0.2, -0.15) is 0 Å². The fourth-order valence-corrected chi connectivity index (χ4v) is 4.87. The van der Waals surface area contributed by atoms with E-state index in [0.717, 1.165) is 58.5 Å². The molecule has 0 spiro atoms. The van der Waals surface area contributed by atoms with Crippen LogP contribution in [-0.4, -0.2) is 50.8 Å². The van der Waals surface area contributed by atoms with Crippen LogP contribution in [0.4, 0.5) is 0 Å². The van der Waals surface area contributed by atoms with Crippen LogP contribution in [0.25, 0.3) is 0 Å². The Morgan fingerprint density at radius 2 is 0.806 bits per heavy atom. The number of epoxide rings is 4. The van der Waals surface area contributed by atoms with Gasteiger partial charge in [-0.25, -0.2) is 0 Å². The molecule has 0 aromatic heterocycles. The first-order valence-corrected chi connectivity index (χ1v) is 11.9. The number of benzene rings is 2. The molecule has 4 saturated heterocycles. The second-order valence-electron chi connectivity index (χ2n) is 9.82. The molecule has 2 aromatic rings. The minimum Gasteiger partial charge on any atom is -0.373 e. The van der Waals surface area contributed by atoms with E-state index in [4.69, 9.17) is 18.9 Å². The molecule has 4 unspecified atom stereocenters. The molecule has 0 N–H and O–H groups in total. The molecule has 0 amide bonds. The average Bonchev–Trinajstić information content (AvgIpc) is 3.63. The summed E-state index contributed by atoms with van der Waals surface area (Å²) in [6.07, 6.45) is 7.32. The van der Waals surface area contributed by atoms with E-state index < -0.39 is 0 Å². The number of ether oxygens (including phenoxy) is 4. The van der Waals surface area contributed by atoms with Crippen molar-refractivity contribution in [3.05, 3.63) is 70.8 Å². The van der Waals surface area contributed by atoms with Crippen molar-refractivity contribution in [1.82, 2.24) is 0 Å². The fraction of sp³-hybridized carbons (Fsp3) is 0.556. The zero-order valence-corrected chi connectivity index (χ0v) is 18.1. The van der Waals surface area contributed by atoms with Gasteiger partial charge in [-0.3, -0.25) is 0 Å². The normalized spacial score (nSPS) is 29.9. The van der Waals surface area contributed by atoms with Crippen LogP contribution in [0.15, 0.2) is 48.5 Å². The van der Waals surface area contributed by atoms with Gasteiger partial charge in [0.1, 0.15) is 0 Å². The summed E-state index contributed by atoms with van der Waals surface area (Å²) >= 11 is 0. The van der Waals surface area contributed by atoms with E-state index >= 15 is 0 Å². The molecular weight excluding hydrogens is 388 g/mol. The molecule has 164 valence electrons. The molecule has 4 atom stereocenters. The van der Waals surface area contributed by atoms with Crippen molar-refractivity contribution >= 4 is 0 Å². The first kappa shape index (κ1) is 19.9. The maximum atomic E-state index is 5.49. The van der Waals surface area contributed by atoms with Gasteiger partial charge in [-0.15, -0.1) is 0 Å². The van der Waals surface area contributed by atoms with Crippen LogP contribution in [0.3, 0.4) is 0 Å². The van der Waals surface area contributed by atoms with Crippen LogP contribution in [0.5, 0.6) is 0 Å². The van der Waals surface area contributed by atoms with Crippen LogP contribution in [0.2, 0.25) is 0 Å². The van der Waals surface area contributed by atoms with Gasteiger partial charge in [-0.05, 0) is 66.2 Å². The minimum atomic E-state index is 0.462. The van der Waals surface area contributed by atoms with Crippen molar-refractivity contribution in [1.29, 1.82) is 0 Å². The zero-order chi connectivity index (χ0) is 20.6. The summed E-state index contributed by atoms with van der Waals surface area (Å²) in [7, 11) is 0. The van der Waals surface area contributed by atoms with Gasteiger partial charge in [0.25, 0.3) is 0 Å². The first-order chi connectivity index (χ1) is 15.3. The molecule has 4 nitrogen and oxygen atoms in total. The van der Waals surface area contributed by atoms with E-state index in [-0.39, 0.29) is 0 Å². The molecule has 4 heterocycles. The molecule has 4 heteroatoms. The molecule has 0 bridgehead atoms. The molecule has 0 radical (unpaired) electrons. The van der Waals surface area contributed by atoms with E-state index in [1.807, 2.05) is 0 Å². The van der Waals surface area contributed by atoms with Gasteiger partial charge < -0.3 is 18.9 Å². The Morgan fingerprint density at radius 3 is 1.06 bits per heavy atom. The average molecular weight is 421 g/mol. The highest BCUT2D eigenvalue weighted by Crippen LogP contribution is 2.36. The summed E-state index contributed by atoms with van der Waals surface area (Å²) < 4.78 is 21.9. The standard InChI is InChI=1S/C27H32O4/c1-5-20(22(10-24-14-28-24)11-25-15-29-25)6-2-18(1)9-19-3-7-21(8-4-19)23(12-26-16-30-26)13-27-17-31-27/h1-8,22-27H,9-17H2. The highest BCUT2D eigenvalue weighted by molar-refractivity contribution is 5.33. The molecule has 31 heavy (non-hydrogen) atoms. The Balaban J connectivity index is 1.08. The van der Waals surface area contributed by atoms with Crippen LogP contribution in [0.1, 0.15) is 59.8 Å². The smallest absolute Gasteiger partial charge is 0.0815 e. The topological polar surface area (TPSA) is 50.1 Å². The second-order valence-corrected chi connectivity index (χ2v) is 9.82. The maximum Gasteiger partial charge on any atom is 0.0815 e. The Hall–Kier alpha value is -1.72. The molecule has 0 aliphatic carbocycles. The van der Waals surface area contributed by atoms with Crippen LogP contribution < -0.4 is 0 Å². The van der Waals surface area contributed by atoms with Crippen molar-refractivity contribution in [2.24, 2.45) is 0 Å². The van der Waals surface area contributed by atoms with Crippen molar-refractivity contribution in [3.8, 4) is 0 Å². The summed E-state index contributed by atoms with van der Waals surface area (Å²) in [5.74, 6) is 1.10. The summed E-state index contributed by atoms with van der Waals surface area (Å²) in [6.45, 7) is 3.72. The lowest BCUT2D eigenvalue weighted by atomic mass is 9.88. The predicted octanol–water partition coefficient (Wildman–Crippen LogP) is 4.60. The molecule has 4 fully saturated rings. The molecule has 0 saturated carbocycles. The Labute approximate surface area is 184 Å². The maximum absolute atomic E-state index is 5.49. The van der Waals surface area contributed by atoms with Gasteiger partial charge in [0.05, 0.1) is 50.8 Å². The largest absolute Gasteiger partial charge is 0.373 e. The van der Waals surface area contributed by atoms with Gasteiger partial charge in [0, 0.05) is 0 Å². The number of rotatable bonds is 12. The third kappa shape index (κ3) is 5.75. The molecule has 6 rings (SSSR count). The second kappa shape index (κ2) is 8.67. The van der Waals surface area contributed by atoms with E-state index in [9.17, 15) is 0 Å². The van der Waals surface area contributed by atoms with Crippen molar-refractivity contribution < 1.29 is 18.9 Å². The van der Waals surface area contributed by atoms with Gasteiger partial charge in [0.2, 0.25) is 0 Å². The monoisotopic (exact) mass is 420 g/mol. The predicted molar refractivity (Wildman–Crippen MR) is 119 cm³/mol. The highest BCUT2D eigenvalue weighted by Gasteiger charge is 2.33. The molecule has 2 aromatic carbocycles. The zero-order valence-electron chi connectivity index (χ0n) is 18.1. The van der Waals surface area contributed by atoms with Crippen LogP contribution in [0, 0.1) is 0 Å². The van der Waals surface area contributed by atoms with Crippen LogP contribution in [-0.2, 0) is 25.4 Å². The molecule has 4 aliphatic rings. The minimum absolute atomic E-state index is 0.462. The van der Waals surface area contributed by atoms with E-state index in [1.54, 1.807) is 0 Å². The van der Waals surface area contributed by atoms with Gasteiger partial charge in [-0.1, -0.05) is 48.5 Å². The highest BCUT2D eigenvalue weighted by atomic mass is 16.6. The lowest BCUT2D eigenvalue weighted by Crippen LogP contribution is -2.07. The molecular formula is C27H32O4. The summed E-state index contributed by atoms with van der Waals surface area (Å²) in [5.41, 5.74) is 5.60. The summed E-state index contributed by atoms with van der Waals surface area (Å²) in [4.78, 5) is 0. The van der Waals surface area contributed by atoms with Crippen molar-refractivity contribution in [2.45, 2.75) is 68.4 Å². The quantitative estimate of drug-likeness (QED) is 0.471. The van der Waals surface area contributed by atoms with E-state index in [0.29, 0.717) is 36.3 Å². The summed E-state index contributed by atoms with van der Waals surface area (Å²) in [6, 6.07) is 18.5. The SMILES string of the molecule is c1cc(C(CC2CO2)CC2CO2)ccc1Cc1ccc(C(CC2CO2)CC2CO2)cc1. The van der Waals surface area contributed by atoms with Crippen molar-refractivity contribution in [2.75, 3.05) is 26.4 Å².